The van der Waals surface area contributed by atoms with Gasteiger partial charge in [0.05, 0.1) is 12.4 Å². The molecular formula is C8H9N3S. The zero-order valence-corrected chi connectivity index (χ0v) is 7.80. The topological polar surface area (TPSA) is 49.6 Å². The van der Waals surface area contributed by atoms with Crippen molar-refractivity contribution in [3.8, 4) is 6.07 Å². The Hall–Kier alpha value is -1.08. The molecule has 1 aromatic heterocycles. The van der Waals surface area contributed by atoms with E-state index in [1.807, 2.05) is 6.07 Å². The second kappa shape index (κ2) is 4.07. The minimum Gasteiger partial charge on any atom is -0.245 e. The standard InChI is InChI=1S/C8H9N3S/c1-6(2)12-8-5-10-7(3-9)4-11-8/h4-6H,1-2H3. The first-order valence-electron chi connectivity index (χ1n) is 3.61. The smallest absolute Gasteiger partial charge is 0.158 e. The summed E-state index contributed by atoms with van der Waals surface area (Å²) in [5.74, 6) is 0. The highest BCUT2D eigenvalue weighted by Gasteiger charge is 1.99. The Morgan fingerprint density at radius 2 is 2.17 bits per heavy atom. The minimum absolute atomic E-state index is 0.364. The van der Waals surface area contributed by atoms with Crippen LogP contribution in [0.4, 0.5) is 0 Å². The summed E-state index contributed by atoms with van der Waals surface area (Å²) in [6.07, 6.45) is 3.12. The van der Waals surface area contributed by atoms with Gasteiger partial charge < -0.3 is 0 Å². The first-order valence-corrected chi connectivity index (χ1v) is 4.49. The van der Waals surface area contributed by atoms with Gasteiger partial charge in [0.2, 0.25) is 0 Å². The van der Waals surface area contributed by atoms with Crippen molar-refractivity contribution in [2.45, 2.75) is 24.1 Å². The van der Waals surface area contributed by atoms with E-state index in [2.05, 4.69) is 23.8 Å². The molecule has 0 aromatic carbocycles. The van der Waals surface area contributed by atoms with E-state index >= 15 is 0 Å². The van der Waals surface area contributed by atoms with Crippen LogP contribution in [0.5, 0.6) is 0 Å². The number of nitriles is 1. The van der Waals surface area contributed by atoms with Gasteiger partial charge in [0.25, 0.3) is 0 Å². The van der Waals surface area contributed by atoms with Crippen LogP contribution < -0.4 is 0 Å². The molecular weight excluding hydrogens is 170 g/mol. The fourth-order valence-corrected chi connectivity index (χ4v) is 1.39. The number of aromatic nitrogens is 2. The van der Waals surface area contributed by atoms with Crippen LogP contribution >= 0.6 is 11.8 Å². The fourth-order valence-electron chi connectivity index (χ4n) is 0.676. The number of nitrogens with zero attached hydrogens (tertiary/aromatic N) is 3. The molecule has 0 unspecified atom stereocenters. The van der Waals surface area contributed by atoms with Gasteiger partial charge in [-0.15, -0.1) is 11.8 Å². The summed E-state index contributed by atoms with van der Waals surface area (Å²) in [6.45, 7) is 4.18. The van der Waals surface area contributed by atoms with Crippen molar-refractivity contribution in [2.75, 3.05) is 0 Å². The van der Waals surface area contributed by atoms with E-state index in [1.165, 1.54) is 6.20 Å². The van der Waals surface area contributed by atoms with Gasteiger partial charge in [-0.3, -0.25) is 0 Å². The van der Waals surface area contributed by atoms with Crippen LogP contribution in [0.2, 0.25) is 0 Å². The van der Waals surface area contributed by atoms with Crippen molar-refractivity contribution in [3.05, 3.63) is 18.1 Å². The molecule has 1 rings (SSSR count). The molecule has 0 atom stereocenters. The second-order valence-electron chi connectivity index (χ2n) is 2.52. The summed E-state index contributed by atoms with van der Waals surface area (Å²) in [5, 5.41) is 9.81. The summed E-state index contributed by atoms with van der Waals surface area (Å²) in [6, 6.07) is 1.92. The Morgan fingerprint density at radius 1 is 1.42 bits per heavy atom. The Balaban J connectivity index is 2.73. The zero-order chi connectivity index (χ0) is 8.97. The summed E-state index contributed by atoms with van der Waals surface area (Å²) >= 11 is 1.63. The van der Waals surface area contributed by atoms with Crippen molar-refractivity contribution in [1.82, 2.24) is 9.97 Å². The molecule has 3 nitrogen and oxygen atoms in total. The lowest BCUT2D eigenvalue weighted by Crippen LogP contribution is -1.91. The summed E-state index contributed by atoms with van der Waals surface area (Å²) in [7, 11) is 0. The van der Waals surface area contributed by atoms with Gasteiger partial charge >= 0.3 is 0 Å². The van der Waals surface area contributed by atoms with Gasteiger partial charge in [-0.05, 0) is 0 Å². The summed E-state index contributed by atoms with van der Waals surface area (Å²) < 4.78 is 0. The van der Waals surface area contributed by atoms with Crippen LogP contribution in [0.15, 0.2) is 17.4 Å². The van der Waals surface area contributed by atoms with Crippen LogP contribution in [0, 0.1) is 11.3 Å². The molecule has 12 heavy (non-hydrogen) atoms. The Kier molecular flexibility index (Phi) is 3.06. The van der Waals surface area contributed by atoms with Crippen LogP contribution in [0.3, 0.4) is 0 Å². The Morgan fingerprint density at radius 3 is 2.58 bits per heavy atom. The van der Waals surface area contributed by atoms with Crippen molar-refractivity contribution in [1.29, 1.82) is 5.26 Å². The molecule has 0 saturated carbocycles. The molecule has 0 radical (unpaired) electrons. The van der Waals surface area contributed by atoms with E-state index in [1.54, 1.807) is 18.0 Å². The van der Waals surface area contributed by atoms with Crippen molar-refractivity contribution in [3.63, 3.8) is 0 Å². The zero-order valence-electron chi connectivity index (χ0n) is 6.98. The van der Waals surface area contributed by atoms with E-state index < -0.39 is 0 Å². The van der Waals surface area contributed by atoms with E-state index in [-0.39, 0.29) is 0 Å². The molecule has 0 aliphatic heterocycles. The molecule has 0 amide bonds. The van der Waals surface area contributed by atoms with Crippen LogP contribution in [-0.4, -0.2) is 15.2 Å². The Bertz CT molecular complexity index is 286. The lowest BCUT2D eigenvalue weighted by atomic mass is 10.5. The van der Waals surface area contributed by atoms with Gasteiger partial charge in [0.1, 0.15) is 11.1 Å². The summed E-state index contributed by atoms with van der Waals surface area (Å²) in [5.41, 5.74) is 0.364. The number of hydrogen-bond acceptors (Lipinski definition) is 4. The van der Waals surface area contributed by atoms with Gasteiger partial charge in [-0.25, -0.2) is 9.97 Å². The van der Waals surface area contributed by atoms with Gasteiger partial charge in [-0.2, -0.15) is 5.26 Å². The third kappa shape index (κ3) is 2.51. The predicted molar refractivity (Wildman–Crippen MR) is 47.7 cm³/mol. The Labute approximate surface area is 75.8 Å². The number of hydrogen-bond donors (Lipinski definition) is 0. The second-order valence-corrected chi connectivity index (χ2v) is 4.12. The first-order chi connectivity index (χ1) is 5.72. The molecule has 0 saturated heterocycles. The van der Waals surface area contributed by atoms with E-state index in [9.17, 15) is 0 Å². The first kappa shape index (κ1) is 9.01. The van der Waals surface area contributed by atoms with Crippen LogP contribution in [0.1, 0.15) is 19.5 Å². The maximum absolute atomic E-state index is 8.45. The normalized spacial score (nSPS) is 9.83. The average molecular weight is 179 g/mol. The number of rotatable bonds is 2. The van der Waals surface area contributed by atoms with Crippen LogP contribution in [0.25, 0.3) is 0 Å². The van der Waals surface area contributed by atoms with Gasteiger partial charge in [0.15, 0.2) is 5.69 Å². The fraction of sp³-hybridized carbons (Fsp3) is 0.375. The molecule has 1 aromatic rings. The maximum atomic E-state index is 8.45. The molecule has 0 aliphatic carbocycles. The lowest BCUT2D eigenvalue weighted by molar-refractivity contribution is 1.02. The molecule has 4 heteroatoms. The predicted octanol–water partition coefficient (Wildman–Crippen LogP) is 1.85. The molecule has 0 bridgehead atoms. The highest BCUT2D eigenvalue weighted by Crippen LogP contribution is 2.18. The summed E-state index contributed by atoms with van der Waals surface area (Å²) in [4.78, 5) is 7.97. The van der Waals surface area contributed by atoms with Crippen molar-refractivity contribution < 1.29 is 0 Å². The molecule has 0 aliphatic rings. The molecule has 1 heterocycles. The SMILES string of the molecule is CC(C)Sc1cnc(C#N)cn1. The molecule has 0 fully saturated rings. The molecule has 62 valence electrons. The quantitative estimate of drug-likeness (QED) is 0.650. The van der Waals surface area contributed by atoms with Gasteiger partial charge in [-0.1, -0.05) is 13.8 Å². The maximum Gasteiger partial charge on any atom is 0.158 e. The van der Waals surface area contributed by atoms with Gasteiger partial charge in [0, 0.05) is 5.25 Å². The third-order valence-corrected chi connectivity index (χ3v) is 2.02. The molecule has 0 spiro atoms. The lowest BCUT2D eigenvalue weighted by Gasteiger charge is -2.01. The number of thioether (sulfide) groups is 1. The third-order valence-electron chi connectivity index (χ3n) is 1.10. The minimum atomic E-state index is 0.364. The van der Waals surface area contributed by atoms with Crippen LogP contribution in [-0.2, 0) is 0 Å². The van der Waals surface area contributed by atoms with E-state index in [0.29, 0.717) is 10.9 Å². The van der Waals surface area contributed by atoms with Crippen molar-refractivity contribution in [2.24, 2.45) is 0 Å². The average Bonchev–Trinajstić information content (AvgIpc) is 2.05. The van der Waals surface area contributed by atoms with Crippen molar-refractivity contribution >= 4 is 11.8 Å². The van der Waals surface area contributed by atoms with E-state index in [0.717, 1.165) is 5.03 Å². The highest BCUT2D eigenvalue weighted by molar-refractivity contribution is 7.99. The highest BCUT2D eigenvalue weighted by atomic mass is 32.2. The molecule has 0 N–H and O–H groups in total. The van der Waals surface area contributed by atoms with E-state index in [4.69, 9.17) is 5.26 Å². The largest absolute Gasteiger partial charge is 0.245 e. The monoisotopic (exact) mass is 179 g/mol.